The fourth-order valence-corrected chi connectivity index (χ4v) is 2.62. The van der Waals surface area contributed by atoms with Crippen LogP contribution in [0, 0.1) is 13.8 Å². The number of rotatable bonds is 8. The van der Waals surface area contributed by atoms with Crippen molar-refractivity contribution >= 4 is 47.2 Å². The molecule has 0 saturated carbocycles. The maximum Gasteiger partial charge on any atom is 0.241 e. The van der Waals surface area contributed by atoms with E-state index >= 15 is 0 Å². The number of halogens is 1. The van der Waals surface area contributed by atoms with E-state index in [2.05, 4.69) is 25.9 Å². The number of hydrogen-bond donors (Lipinski definition) is 3. The third-order valence-electron chi connectivity index (χ3n) is 2.77. The van der Waals surface area contributed by atoms with Gasteiger partial charge in [-0.15, -0.1) is 35.3 Å². The van der Waals surface area contributed by atoms with E-state index in [0.717, 1.165) is 17.2 Å². The molecule has 0 bridgehead atoms. The Morgan fingerprint density at radius 3 is 2.61 bits per heavy atom. The summed E-state index contributed by atoms with van der Waals surface area (Å²) in [4.78, 5) is 21.5. The second-order valence-electron chi connectivity index (χ2n) is 4.63. The monoisotopic (exact) mass is 455 g/mol. The number of carbonyl (C=O) groups is 1. The van der Waals surface area contributed by atoms with Gasteiger partial charge >= 0.3 is 0 Å². The number of aliphatic imine (C=N–C) groups is 1. The van der Waals surface area contributed by atoms with E-state index in [-0.39, 0.29) is 36.4 Å². The normalized spacial score (nSPS) is 10.9. The van der Waals surface area contributed by atoms with Crippen molar-refractivity contribution in [3.8, 4) is 0 Å². The summed E-state index contributed by atoms with van der Waals surface area (Å²) in [5.74, 6) is 0.494. The van der Waals surface area contributed by atoms with Gasteiger partial charge < -0.3 is 20.7 Å². The molecule has 0 aliphatic carbocycles. The molecule has 0 saturated heterocycles. The van der Waals surface area contributed by atoms with Gasteiger partial charge in [0, 0.05) is 25.1 Å². The zero-order valence-electron chi connectivity index (χ0n) is 14.1. The van der Waals surface area contributed by atoms with Crippen molar-refractivity contribution in [1.29, 1.82) is 0 Å². The Labute approximate surface area is 158 Å². The van der Waals surface area contributed by atoms with Gasteiger partial charge in [0.05, 0.1) is 23.9 Å². The topological polar surface area (TPSA) is 87.6 Å². The van der Waals surface area contributed by atoms with Crippen LogP contribution < -0.4 is 16.0 Å². The first-order chi connectivity index (χ1) is 10.6. The lowest BCUT2D eigenvalue weighted by molar-refractivity contribution is -0.119. The van der Waals surface area contributed by atoms with E-state index in [1.54, 1.807) is 18.4 Å². The van der Waals surface area contributed by atoms with Gasteiger partial charge in [-0.05, 0) is 20.8 Å². The van der Waals surface area contributed by atoms with Crippen LogP contribution >= 0.6 is 35.3 Å². The second-order valence-corrected chi connectivity index (χ2v) is 5.92. The van der Waals surface area contributed by atoms with Gasteiger partial charge in [-0.25, -0.2) is 9.98 Å². The molecule has 0 fully saturated rings. The number of nitrogens with zero attached hydrogens (tertiary/aromatic N) is 2. The average Bonchev–Trinajstić information content (AvgIpc) is 2.80. The molecule has 9 heteroatoms. The lowest BCUT2D eigenvalue weighted by Gasteiger charge is -2.10. The molecule has 1 aromatic heterocycles. The molecule has 23 heavy (non-hydrogen) atoms. The van der Waals surface area contributed by atoms with Gasteiger partial charge in [-0.3, -0.25) is 4.79 Å². The summed E-state index contributed by atoms with van der Waals surface area (Å²) in [5.41, 5.74) is 1.03. The average molecular weight is 455 g/mol. The van der Waals surface area contributed by atoms with Gasteiger partial charge in [-0.2, -0.15) is 0 Å². The van der Waals surface area contributed by atoms with Crippen LogP contribution in [-0.2, 0) is 16.1 Å². The minimum Gasteiger partial charge on any atom is -0.383 e. The van der Waals surface area contributed by atoms with Crippen LogP contribution in [0.2, 0.25) is 0 Å². The van der Waals surface area contributed by atoms with Crippen molar-refractivity contribution in [2.75, 3.05) is 33.4 Å². The SMILES string of the molecule is CCNC(=NCC(=O)NCCOC)NCc1sc(C)nc1C.I. The lowest BCUT2D eigenvalue weighted by atomic mass is 10.4. The summed E-state index contributed by atoms with van der Waals surface area (Å²) in [5, 5.41) is 10.1. The molecule has 0 atom stereocenters. The van der Waals surface area contributed by atoms with Crippen LogP contribution in [0.15, 0.2) is 4.99 Å². The number of amides is 1. The van der Waals surface area contributed by atoms with Crippen LogP contribution in [0.3, 0.4) is 0 Å². The fourth-order valence-electron chi connectivity index (χ4n) is 1.74. The Morgan fingerprint density at radius 2 is 2.04 bits per heavy atom. The zero-order valence-corrected chi connectivity index (χ0v) is 17.2. The second kappa shape index (κ2) is 12.5. The molecule has 0 aliphatic rings. The number of methoxy groups -OCH3 is 1. The zero-order chi connectivity index (χ0) is 16.4. The summed E-state index contributed by atoms with van der Waals surface area (Å²) < 4.78 is 4.88. The number of aromatic nitrogens is 1. The van der Waals surface area contributed by atoms with Gasteiger partial charge in [-0.1, -0.05) is 0 Å². The number of guanidine groups is 1. The van der Waals surface area contributed by atoms with Crippen LogP contribution in [0.1, 0.15) is 22.5 Å². The highest BCUT2D eigenvalue weighted by Crippen LogP contribution is 2.16. The maximum absolute atomic E-state index is 11.6. The Hall–Kier alpha value is -0.940. The summed E-state index contributed by atoms with van der Waals surface area (Å²) >= 11 is 1.66. The third kappa shape index (κ3) is 9.06. The van der Waals surface area contributed by atoms with Crippen LogP contribution in [0.25, 0.3) is 0 Å². The molecule has 3 N–H and O–H groups in total. The van der Waals surface area contributed by atoms with E-state index in [0.29, 0.717) is 25.7 Å². The molecule has 0 unspecified atom stereocenters. The molecule has 1 rings (SSSR count). The summed E-state index contributed by atoms with van der Waals surface area (Å²) in [6.07, 6.45) is 0. The van der Waals surface area contributed by atoms with Gasteiger partial charge in [0.15, 0.2) is 5.96 Å². The van der Waals surface area contributed by atoms with Gasteiger partial charge in [0.1, 0.15) is 6.54 Å². The molecule has 1 amide bonds. The van der Waals surface area contributed by atoms with Crippen LogP contribution in [-0.4, -0.2) is 50.2 Å². The van der Waals surface area contributed by atoms with Crippen molar-refractivity contribution < 1.29 is 9.53 Å². The minimum atomic E-state index is -0.126. The van der Waals surface area contributed by atoms with Crippen molar-refractivity contribution in [3.63, 3.8) is 0 Å². The van der Waals surface area contributed by atoms with E-state index < -0.39 is 0 Å². The van der Waals surface area contributed by atoms with E-state index in [1.165, 1.54) is 4.88 Å². The fraction of sp³-hybridized carbons (Fsp3) is 0.643. The third-order valence-corrected chi connectivity index (χ3v) is 3.84. The number of thiazole rings is 1. The lowest BCUT2D eigenvalue weighted by Crippen LogP contribution is -2.38. The first-order valence-electron chi connectivity index (χ1n) is 7.27. The highest BCUT2D eigenvalue weighted by Gasteiger charge is 2.06. The highest BCUT2D eigenvalue weighted by molar-refractivity contribution is 14.0. The van der Waals surface area contributed by atoms with Crippen molar-refractivity contribution in [1.82, 2.24) is 20.9 Å². The van der Waals surface area contributed by atoms with Crippen molar-refractivity contribution in [3.05, 3.63) is 15.6 Å². The number of hydrogen-bond acceptors (Lipinski definition) is 5. The highest BCUT2D eigenvalue weighted by atomic mass is 127. The smallest absolute Gasteiger partial charge is 0.241 e. The first-order valence-corrected chi connectivity index (χ1v) is 8.09. The number of nitrogens with one attached hydrogen (secondary N) is 3. The Kier molecular flexibility index (Phi) is 12.0. The predicted molar refractivity (Wildman–Crippen MR) is 105 cm³/mol. The largest absolute Gasteiger partial charge is 0.383 e. The van der Waals surface area contributed by atoms with E-state index in [1.807, 2.05) is 20.8 Å². The van der Waals surface area contributed by atoms with Crippen molar-refractivity contribution in [2.45, 2.75) is 27.3 Å². The molecule has 7 nitrogen and oxygen atoms in total. The summed E-state index contributed by atoms with van der Waals surface area (Å²) in [6, 6.07) is 0. The Bertz CT molecular complexity index is 507. The number of aryl methyl sites for hydroxylation is 2. The van der Waals surface area contributed by atoms with Crippen LogP contribution in [0.5, 0.6) is 0 Å². The molecular weight excluding hydrogens is 429 g/mol. The first kappa shape index (κ1) is 22.1. The molecule has 0 aromatic carbocycles. The Morgan fingerprint density at radius 1 is 1.30 bits per heavy atom. The molecular formula is C14H26IN5O2S. The Balaban J connectivity index is 0.00000484. The van der Waals surface area contributed by atoms with Crippen molar-refractivity contribution in [2.24, 2.45) is 4.99 Å². The molecule has 0 radical (unpaired) electrons. The molecule has 0 aliphatic heterocycles. The van der Waals surface area contributed by atoms with E-state index in [9.17, 15) is 4.79 Å². The predicted octanol–water partition coefficient (Wildman–Crippen LogP) is 1.20. The minimum absolute atomic E-state index is 0. The molecule has 0 spiro atoms. The quantitative estimate of drug-likeness (QED) is 0.237. The summed E-state index contributed by atoms with van der Waals surface area (Å²) in [7, 11) is 1.60. The molecule has 1 aromatic rings. The van der Waals surface area contributed by atoms with E-state index in [4.69, 9.17) is 4.74 Å². The summed E-state index contributed by atoms with van der Waals surface area (Å²) in [6.45, 7) is 8.43. The molecule has 1 heterocycles. The number of ether oxygens (including phenoxy) is 1. The molecule has 132 valence electrons. The van der Waals surface area contributed by atoms with Gasteiger partial charge in [0.2, 0.25) is 5.91 Å². The standard InChI is InChI=1S/C14H25N5O2S.HI/c1-5-15-14(18-9-13(20)16-6-7-21-4)17-8-12-10(2)19-11(3)22-12;/h5-9H2,1-4H3,(H,16,20)(H2,15,17,18);1H. The maximum atomic E-state index is 11.6. The van der Waals surface area contributed by atoms with Gasteiger partial charge in [0.25, 0.3) is 0 Å². The number of carbonyl (C=O) groups excluding carboxylic acids is 1. The van der Waals surface area contributed by atoms with Crippen LogP contribution in [0.4, 0.5) is 0 Å².